The Morgan fingerprint density at radius 2 is 2.17 bits per heavy atom. The highest BCUT2D eigenvalue weighted by atomic mass is 16.5. The van der Waals surface area contributed by atoms with Crippen molar-refractivity contribution in [2.24, 2.45) is 5.92 Å². The summed E-state index contributed by atoms with van der Waals surface area (Å²) < 4.78 is 11.4. The van der Waals surface area contributed by atoms with Crippen molar-refractivity contribution in [3.8, 4) is 0 Å². The van der Waals surface area contributed by atoms with Crippen molar-refractivity contribution in [1.82, 2.24) is 5.32 Å². The van der Waals surface area contributed by atoms with Gasteiger partial charge < -0.3 is 14.5 Å². The second-order valence-corrected chi connectivity index (χ2v) is 5.43. The zero-order valence-corrected chi connectivity index (χ0v) is 11.6. The van der Waals surface area contributed by atoms with Crippen LogP contribution < -0.4 is 5.32 Å². The number of ether oxygens (including phenoxy) is 1. The molecule has 102 valence electrons. The summed E-state index contributed by atoms with van der Waals surface area (Å²) in [6, 6.07) is 4.79. The summed E-state index contributed by atoms with van der Waals surface area (Å²) in [6.45, 7) is 6.71. The summed E-state index contributed by atoms with van der Waals surface area (Å²) in [5.74, 6) is 2.59. The summed E-state index contributed by atoms with van der Waals surface area (Å²) in [7, 11) is 0. The molecule has 1 fully saturated rings. The molecule has 1 N–H and O–H groups in total. The van der Waals surface area contributed by atoms with E-state index in [1.165, 1.54) is 25.7 Å². The SMILES string of the molecule is CCCC(C)COCc1ccc(CNC2CC2)o1. The maximum atomic E-state index is 5.72. The van der Waals surface area contributed by atoms with E-state index in [0.29, 0.717) is 12.5 Å². The zero-order chi connectivity index (χ0) is 12.8. The van der Waals surface area contributed by atoms with E-state index in [2.05, 4.69) is 19.2 Å². The summed E-state index contributed by atoms with van der Waals surface area (Å²) in [6.07, 6.45) is 5.08. The Bertz CT molecular complexity index is 344. The molecule has 1 unspecified atom stereocenters. The van der Waals surface area contributed by atoms with Crippen LogP contribution >= 0.6 is 0 Å². The lowest BCUT2D eigenvalue weighted by Gasteiger charge is -2.09. The maximum absolute atomic E-state index is 5.72. The van der Waals surface area contributed by atoms with Gasteiger partial charge in [-0.2, -0.15) is 0 Å². The molecule has 18 heavy (non-hydrogen) atoms. The Balaban J connectivity index is 1.62. The van der Waals surface area contributed by atoms with E-state index < -0.39 is 0 Å². The molecule has 1 atom stereocenters. The van der Waals surface area contributed by atoms with E-state index in [9.17, 15) is 0 Å². The fourth-order valence-corrected chi connectivity index (χ4v) is 2.06. The Kier molecular flexibility index (Phi) is 5.26. The van der Waals surface area contributed by atoms with E-state index in [1.54, 1.807) is 0 Å². The number of hydrogen-bond acceptors (Lipinski definition) is 3. The summed E-state index contributed by atoms with van der Waals surface area (Å²) in [5, 5.41) is 3.44. The molecule has 3 heteroatoms. The zero-order valence-electron chi connectivity index (χ0n) is 11.6. The van der Waals surface area contributed by atoms with Gasteiger partial charge >= 0.3 is 0 Å². The Morgan fingerprint density at radius 1 is 1.39 bits per heavy atom. The number of rotatable bonds is 9. The van der Waals surface area contributed by atoms with Crippen molar-refractivity contribution in [3.63, 3.8) is 0 Å². The van der Waals surface area contributed by atoms with Crippen LogP contribution in [0, 0.1) is 5.92 Å². The van der Waals surface area contributed by atoms with Gasteiger partial charge in [-0.3, -0.25) is 0 Å². The molecule has 3 nitrogen and oxygen atoms in total. The van der Waals surface area contributed by atoms with Crippen LogP contribution in [0.5, 0.6) is 0 Å². The van der Waals surface area contributed by atoms with Crippen LogP contribution in [0.25, 0.3) is 0 Å². The summed E-state index contributed by atoms with van der Waals surface area (Å²) >= 11 is 0. The number of furan rings is 1. The van der Waals surface area contributed by atoms with Crippen molar-refractivity contribution in [3.05, 3.63) is 23.7 Å². The average molecular weight is 251 g/mol. The van der Waals surface area contributed by atoms with Crippen LogP contribution in [0.15, 0.2) is 16.5 Å². The third kappa shape index (κ3) is 4.83. The molecule has 1 aliphatic rings. The van der Waals surface area contributed by atoms with Crippen LogP contribution in [0.1, 0.15) is 51.1 Å². The predicted molar refractivity (Wildman–Crippen MR) is 72.3 cm³/mol. The van der Waals surface area contributed by atoms with Gasteiger partial charge in [0.15, 0.2) is 0 Å². The fraction of sp³-hybridized carbons (Fsp3) is 0.733. The predicted octanol–water partition coefficient (Wildman–Crippen LogP) is 3.48. The molecule has 0 spiro atoms. The molecular weight excluding hydrogens is 226 g/mol. The first-order valence-electron chi connectivity index (χ1n) is 7.16. The van der Waals surface area contributed by atoms with Gasteiger partial charge in [0.25, 0.3) is 0 Å². The molecule has 1 aromatic heterocycles. The van der Waals surface area contributed by atoms with E-state index >= 15 is 0 Å². The van der Waals surface area contributed by atoms with Crippen molar-refractivity contribution < 1.29 is 9.15 Å². The lowest BCUT2D eigenvalue weighted by Crippen LogP contribution is -2.14. The van der Waals surface area contributed by atoms with Crippen LogP contribution in [0.4, 0.5) is 0 Å². The van der Waals surface area contributed by atoms with Crippen molar-refractivity contribution in [2.45, 2.75) is 58.7 Å². The fourth-order valence-electron chi connectivity index (χ4n) is 2.06. The minimum Gasteiger partial charge on any atom is -0.462 e. The lowest BCUT2D eigenvalue weighted by atomic mass is 10.1. The highest BCUT2D eigenvalue weighted by molar-refractivity contribution is 5.06. The van der Waals surface area contributed by atoms with Gasteiger partial charge in [-0.05, 0) is 37.3 Å². The average Bonchev–Trinajstić information content (AvgIpc) is 3.07. The van der Waals surface area contributed by atoms with Gasteiger partial charge in [-0.15, -0.1) is 0 Å². The highest BCUT2D eigenvalue weighted by Gasteiger charge is 2.20. The van der Waals surface area contributed by atoms with Gasteiger partial charge in [0.05, 0.1) is 6.54 Å². The first-order valence-corrected chi connectivity index (χ1v) is 7.16. The topological polar surface area (TPSA) is 34.4 Å². The molecule has 0 saturated heterocycles. The first kappa shape index (κ1) is 13.6. The van der Waals surface area contributed by atoms with Gasteiger partial charge in [0, 0.05) is 12.6 Å². The first-order chi connectivity index (χ1) is 8.78. The van der Waals surface area contributed by atoms with Crippen LogP contribution in [-0.2, 0) is 17.9 Å². The molecule has 0 amide bonds. The van der Waals surface area contributed by atoms with Crippen LogP contribution in [0.2, 0.25) is 0 Å². The molecule has 0 aromatic carbocycles. The molecule has 0 radical (unpaired) electrons. The lowest BCUT2D eigenvalue weighted by molar-refractivity contribution is 0.0768. The normalized spacial score (nSPS) is 17.0. The minimum absolute atomic E-state index is 0.595. The Labute approximate surface area is 110 Å². The van der Waals surface area contributed by atoms with Gasteiger partial charge in [-0.1, -0.05) is 20.3 Å². The standard InChI is InChI=1S/C15H25NO2/c1-3-4-12(2)10-17-11-15-8-7-14(18-15)9-16-13-5-6-13/h7-8,12-13,16H,3-6,9-11H2,1-2H3. The number of nitrogens with one attached hydrogen (secondary N) is 1. The van der Waals surface area contributed by atoms with E-state index in [1.807, 2.05) is 12.1 Å². The molecule has 1 heterocycles. The van der Waals surface area contributed by atoms with Crippen molar-refractivity contribution >= 4 is 0 Å². The van der Waals surface area contributed by atoms with E-state index in [-0.39, 0.29) is 0 Å². The molecule has 0 aliphatic heterocycles. The largest absolute Gasteiger partial charge is 0.462 e. The summed E-state index contributed by atoms with van der Waals surface area (Å²) in [5.41, 5.74) is 0. The molecular formula is C15H25NO2. The monoisotopic (exact) mass is 251 g/mol. The minimum atomic E-state index is 0.595. The van der Waals surface area contributed by atoms with Gasteiger partial charge in [-0.25, -0.2) is 0 Å². The summed E-state index contributed by atoms with van der Waals surface area (Å²) in [4.78, 5) is 0. The highest BCUT2D eigenvalue weighted by Crippen LogP contribution is 2.19. The third-order valence-electron chi connectivity index (χ3n) is 3.29. The maximum Gasteiger partial charge on any atom is 0.129 e. The van der Waals surface area contributed by atoms with E-state index in [0.717, 1.165) is 30.7 Å². The van der Waals surface area contributed by atoms with Crippen LogP contribution in [0.3, 0.4) is 0 Å². The third-order valence-corrected chi connectivity index (χ3v) is 3.29. The quantitative estimate of drug-likeness (QED) is 0.729. The van der Waals surface area contributed by atoms with Crippen molar-refractivity contribution in [1.29, 1.82) is 0 Å². The van der Waals surface area contributed by atoms with Crippen molar-refractivity contribution in [2.75, 3.05) is 6.61 Å². The van der Waals surface area contributed by atoms with Gasteiger partial charge in [0.2, 0.25) is 0 Å². The van der Waals surface area contributed by atoms with Crippen LogP contribution in [-0.4, -0.2) is 12.6 Å². The van der Waals surface area contributed by atoms with E-state index in [4.69, 9.17) is 9.15 Å². The molecule has 0 bridgehead atoms. The molecule has 1 saturated carbocycles. The molecule has 2 rings (SSSR count). The second kappa shape index (κ2) is 6.95. The molecule has 1 aromatic rings. The Hall–Kier alpha value is -0.800. The molecule has 1 aliphatic carbocycles. The Morgan fingerprint density at radius 3 is 2.89 bits per heavy atom. The second-order valence-electron chi connectivity index (χ2n) is 5.43. The number of hydrogen-bond donors (Lipinski definition) is 1. The van der Waals surface area contributed by atoms with Gasteiger partial charge in [0.1, 0.15) is 18.1 Å². The smallest absolute Gasteiger partial charge is 0.129 e.